The van der Waals surface area contributed by atoms with E-state index in [9.17, 15) is 19.4 Å². The Labute approximate surface area is 98.8 Å². The summed E-state index contributed by atoms with van der Waals surface area (Å²) in [6.07, 6.45) is -1.81. The van der Waals surface area contributed by atoms with Crippen LogP contribution < -0.4 is 4.74 Å². The molecule has 2 unspecified atom stereocenters. The fraction of sp³-hybridized carbons (Fsp3) is 0.300. The van der Waals surface area contributed by atoms with Crippen LogP contribution in [-0.2, 0) is 4.79 Å². The molecule has 6 heteroatoms. The highest BCUT2D eigenvalue weighted by molar-refractivity contribution is 9.10. The first kappa shape index (κ1) is 11.2. The molecule has 0 saturated carbocycles. The Hall–Kier alpha value is -1.30. The molecule has 1 aliphatic heterocycles. The van der Waals surface area contributed by atoms with Crippen LogP contribution in [0.3, 0.4) is 0 Å². The van der Waals surface area contributed by atoms with Crippen LogP contribution in [0, 0.1) is 0 Å². The molecule has 1 aliphatic rings. The van der Waals surface area contributed by atoms with E-state index in [1.807, 2.05) is 0 Å². The summed E-state index contributed by atoms with van der Waals surface area (Å²) in [4.78, 5) is 11.2. The van der Waals surface area contributed by atoms with Gasteiger partial charge >= 0.3 is 5.97 Å². The Morgan fingerprint density at radius 3 is 2.69 bits per heavy atom. The molecule has 1 aromatic rings. The minimum atomic E-state index is -1.81. The molecule has 0 aromatic heterocycles. The number of aromatic hydroxyl groups is 2. The number of phenols is 2. The van der Waals surface area contributed by atoms with Gasteiger partial charge in [0.05, 0.1) is 0 Å². The number of hydrogen-bond donors (Lipinski definition) is 2. The van der Waals surface area contributed by atoms with Crippen molar-refractivity contribution in [1.82, 2.24) is 0 Å². The molecule has 16 heavy (non-hydrogen) atoms. The largest absolute Gasteiger partial charge is 0.507 e. The van der Waals surface area contributed by atoms with Crippen LogP contribution in [0.2, 0.25) is 0 Å². The zero-order chi connectivity index (χ0) is 12.0. The number of esters is 1. The number of carbonyl (C=O) groups excluding carboxylic acids is 1. The molecule has 2 rings (SSSR count). The molecule has 0 spiro atoms. The lowest BCUT2D eigenvalue weighted by Crippen LogP contribution is -2.32. The van der Waals surface area contributed by atoms with Crippen LogP contribution in [-0.4, -0.2) is 22.4 Å². The highest BCUT2D eigenvalue weighted by atomic mass is 79.9. The highest BCUT2D eigenvalue weighted by Gasteiger charge is 2.38. The summed E-state index contributed by atoms with van der Waals surface area (Å²) in [7, 11) is 0. The van der Waals surface area contributed by atoms with Gasteiger partial charge in [-0.3, -0.25) is 0 Å². The maximum Gasteiger partial charge on any atom is 0.346 e. The van der Waals surface area contributed by atoms with Crippen LogP contribution in [0.1, 0.15) is 18.4 Å². The number of phenolic OH excluding ortho intramolecular Hbond substituents is 2. The Balaban J connectivity index is 2.69. The quantitative estimate of drug-likeness (QED) is 0.568. The van der Waals surface area contributed by atoms with Gasteiger partial charge in [0.1, 0.15) is 16.0 Å². The molecule has 0 amide bonds. The summed E-state index contributed by atoms with van der Waals surface area (Å²) in [5.41, 5.74) is 0.178. The predicted molar refractivity (Wildman–Crippen MR) is 56.4 cm³/mol. The molecular formula is C10H8BrFO4. The summed E-state index contributed by atoms with van der Waals surface area (Å²) in [6, 6.07) is 1.07. The van der Waals surface area contributed by atoms with E-state index in [-0.39, 0.29) is 27.3 Å². The number of rotatable bonds is 0. The van der Waals surface area contributed by atoms with Gasteiger partial charge in [0.25, 0.3) is 0 Å². The van der Waals surface area contributed by atoms with E-state index in [0.29, 0.717) is 0 Å². The first-order valence-electron chi connectivity index (χ1n) is 4.53. The minimum Gasteiger partial charge on any atom is -0.507 e. The first-order chi connectivity index (χ1) is 7.43. The second-order valence-corrected chi connectivity index (χ2v) is 4.38. The molecule has 2 N–H and O–H groups in total. The summed E-state index contributed by atoms with van der Waals surface area (Å²) in [5, 5.41) is 19.0. The third-order valence-electron chi connectivity index (χ3n) is 2.54. The van der Waals surface area contributed by atoms with Gasteiger partial charge in [-0.25, -0.2) is 9.18 Å². The third-order valence-corrected chi connectivity index (χ3v) is 3.31. The fourth-order valence-corrected chi connectivity index (χ4v) is 2.08. The van der Waals surface area contributed by atoms with Crippen molar-refractivity contribution in [2.45, 2.75) is 19.0 Å². The Kier molecular flexibility index (Phi) is 2.53. The monoisotopic (exact) mass is 290 g/mol. The highest BCUT2D eigenvalue weighted by Crippen LogP contribution is 2.48. The summed E-state index contributed by atoms with van der Waals surface area (Å²) >= 11 is 3.01. The van der Waals surface area contributed by atoms with Crippen molar-refractivity contribution >= 4 is 21.9 Å². The molecule has 86 valence electrons. The molecule has 2 atom stereocenters. The van der Waals surface area contributed by atoms with Gasteiger partial charge in [0.2, 0.25) is 6.17 Å². The first-order valence-corrected chi connectivity index (χ1v) is 5.33. The molecule has 0 fully saturated rings. The van der Waals surface area contributed by atoms with Gasteiger partial charge in [0.15, 0.2) is 5.75 Å². The van der Waals surface area contributed by atoms with E-state index >= 15 is 0 Å². The van der Waals surface area contributed by atoms with Crippen molar-refractivity contribution in [1.29, 1.82) is 0 Å². The van der Waals surface area contributed by atoms with Gasteiger partial charge in [0, 0.05) is 17.5 Å². The smallest absolute Gasteiger partial charge is 0.346 e. The molecule has 4 nitrogen and oxygen atoms in total. The number of carbonyl (C=O) groups is 1. The van der Waals surface area contributed by atoms with Crippen LogP contribution in [0.15, 0.2) is 10.5 Å². The number of hydrogen-bond acceptors (Lipinski definition) is 4. The van der Waals surface area contributed by atoms with E-state index < -0.39 is 18.1 Å². The predicted octanol–water partition coefficient (Wildman–Crippen LogP) is 2.22. The van der Waals surface area contributed by atoms with E-state index in [2.05, 4.69) is 15.9 Å². The number of benzene rings is 1. The molecule has 1 aromatic carbocycles. The van der Waals surface area contributed by atoms with E-state index in [1.165, 1.54) is 6.92 Å². The number of alkyl halides is 1. The maximum atomic E-state index is 13.4. The molecule has 0 bridgehead atoms. The van der Waals surface area contributed by atoms with Crippen molar-refractivity contribution in [2.24, 2.45) is 0 Å². The Bertz CT molecular complexity index is 474. The topological polar surface area (TPSA) is 66.8 Å². The molecule has 0 aliphatic carbocycles. The minimum absolute atomic E-state index is 0.0242. The zero-order valence-corrected chi connectivity index (χ0v) is 9.78. The van der Waals surface area contributed by atoms with Crippen LogP contribution in [0.4, 0.5) is 4.39 Å². The van der Waals surface area contributed by atoms with E-state index in [1.54, 1.807) is 0 Å². The molecular weight excluding hydrogens is 283 g/mol. The van der Waals surface area contributed by atoms with Crippen LogP contribution >= 0.6 is 15.9 Å². The van der Waals surface area contributed by atoms with Gasteiger partial charge in [-0.05, 0) is 15.9 Å². The third kappa shape index (κ3) is 1.44. The maximum absolute atomic E-state index is 13.4. The lowest BCUT2D eigenvalue weighted by Gasteiger charge is -2.26. The average molecular weight is 291 g/mol. The molecule has 0 saturated heterocycles. The van der Waals surface area contributed by atoms with Gasteiger partial charge in [-0.15, -0.1) is 0 Å². The normalized spacial score (nSPS) is 23.8. The second-order valence-electron chi connectivity index (χ2n) is 3.58. The molecule has 1 heterocycles. The van der Waals surface area contributed by atoms with Gasteiger partial charge < -0.3 is 14.9 Å². The number of ether oxygens (including phenoxy) is 1. The van der Waals surface area contributed by atoms with Gasteiger partial charge in [-0.1, -0.05) is 6.92 Å². The van der Waals surface area contributed by atoms with Crippen molar-refractivity contribution in [3.05, 3.63) is 16.1 Å². The van der Waals surface area contributed by atoms with Crippen molar-refractivity contribution in [3.8, 4) is 17.2 Å². The molecule has 0 radical (unpaired) electrons. The Morgan fingerprint density at radius 1 is 1.44 bits per heavy atom. The summed E-state index contributed by atoms with van der Waals surface area (Å²) < 4.78 is 18.3. The van der Waals surface area contributed by atoms with Crippen molar-refractivity contribution < 1.29 is 24.1 Å². The van der Waals surface area contributed by atoms with E-state index in [4.69, 9.17) is 4.74 Å². The van der Waals surface area contributed by atoms with Crippen LogP contribution in [0.25, 0.3) is 0 Å². The zero-order valence-electron chi connectivity index (χ0n) is 8.20. The fourth-order valence-electron chi connectivity index (χ4n) is 1.67. The van der Waals surface area contributed by atoms with Crippen LogP contribution in [0.5, 0.6) is 17.2 Å². The summed E-state index contributed by atoms with van der Waals surface area (Å²) in [5.74, 6) is -2.42. The number of fused-ring (bicyclic) bond motifs is 1. The average Bonchev–Trinajstić information content (AvgIpc) is 2.22. The second kappa shape index (κ2) is 3.62. The van der Waals surface area contributed by atoms with Gasteiger partial charge in [-0.2, -0.15) is 0 Å². The lowest BCUT2D eigenvalue weighted by molar-refractivity contribution is -0.142. The van der Waals surface area contributed by atoms with E-state index in [0.717, 1.165) is 6.07 Å². The van der Waals surface area contributed by atoms with Crippen molar-refractivity contribution in [2.75, 3.05) is 0 Å². The summed E-state index contributed by atoms with van der Waals surface area (Å²) in [6.45, 7) is 1.47. The number of halogens is 2. The van der Waals surface area contributed by atoms with Crippen molar-refractivity contribution in [3.63, 3.8) is 0 Å². The lowest BCUT2D eigenvalue weighted by atomic mass is 9.92. The Morgan fingerprint density at radius 2 is 2.06 bits per heavy atom. The standard InChI is InChI=1S/C10H8BrFO4/c1-3-6-4(13)2-5(14)7(11)9(6)16-10(15)8(3)12/h2-3,8,13-14H,1H3. The SMILES string of the molecule is CC1c2c(O)cc(O)c(Br)c2OC(=O)C1F.